The number of fused-ring (bicyclic) bond motifs is 4. The summed E-state index contributed by atoms with van der Waals surface area (Å²) in [5.41, 5.74) is 1.19. The van der Waals surface area contributed by atoms with Crippen LogP contribution in [-0.2, 0) is 12.8 Å². The molecule has 3 nitrogen and oxygen atoms in total. The predicted octanol–water partition coefficient (Wildman–Crippen LogP) is 2.22. The quantitative estimate of drug-likeness (QED) is 0.806. The van der Waals surface area contributed by atoms with Crippen LogP contribution in [0, 0.1) is 5.92 Å². The second-order valence-electron chi connectivity index (χ2n) is 5.21. The van der Waals surface area contributed by atoms with Crippen LogP contribution < -0.4 is 5.32 Å². The number of nitrogens with zero attached hydrogens (tertiary/aromatic N) is 1. The maximum absolute atomic E-state index is 5.85. The van der Waals surface area contributed by atoms with Gasteiger partial charge in [-0.25, -0.2) is 4.98 Å². The lowest BCUT2D eigenvalue weighted by atomic mass is 10.1. The molecule has 1 N–H and O–H groups in total. The molecule has 2 unspecified atom stereocenters. The minimum absolute atomic E-state index is 0.475. The van der Waals surface area contributed by atoms with Gasteiger partial charge in [-0.2, -0.15) is 0 Å². The van der Waals surface area contributed by atoms with Crippen LogP contribution in [0.25, 0.3) is 0 Å². The molecule has 1 saturated heterocycles. The van der Waals surface area contributed by atoms with Gasteiger partial charge < -0.3 is 9.73 Å². The molecule has 3 heteroatoms. The van der Waals surface area contributed by atoms with E-state index in [1.807, 2.05) is 0 Å². The van der Waals surface area contributed by atoms with Crippen LogP contribution >= 0.6 is 0 Å². The van der Waals surface area contributed by atoms with Gasteiger partial charge >= 0.3 is 0 Å². The van der Waals surface area contributed by atoms with Crippen molar-refractivity contribution < 1.29 is 4.42 Å². The van der Waals surface area contributed by atoms with Gasteiger partial charge in [0.05, 0.1) is 11.7 Å². The zero-order valence-corrected chi connectivity index (χ0v) is 9.42. The van der Waals surface area contributed by atoms with E-state index in [2.05, 4.69) is 24.1 Å². The largest absolute Gasteiger partial charge is 0.445 e. The molecule has 0 aromatic carbocycles. The molecule has 1 aromatic heterocycles. The fraction of sp³-hybridized carbons (Fsp3) is 0.750. The van der Waals surface area contributed by atoms with Crippen LogP contribution in [0.1, 0.15) is 50.1 Å². The maximum atomic E-state index is 5.85. The molecule has 0 radical (unpaired) electrons. The summed E-state index contributed by atoms with van der Waals surface area (Å²) in [4.78, 5) is 4.64. The summed E-state index contributed by atoms with van der Waals surface area (Å²) < 4.78 is 5.85. The summed E-state index contributed by atoms with van der Waals surface area (Å²) in [6, 6.07) is 1.12. The summed E-state index contributed by atoms with van der Waals surface area (Å²) in [6.07, 6.45) is 4.50. The number of hydrogen-bond donors (Lipinski definition) is 1. The highest BCUT2D eigenvalue weighted by Gasteiger charge is 2.36. The Kier molecular flexibility index (Phi) is 2.09. The van der Waals surface area contributed by atoms with Crippen molar-refractivity contribution in [1.29, 1.82) is 0 Å². The lowest BCUT2D eigenvalue weighted by Crippen LogP contribution is -2.31. The van der Waals surface area contributed by atoms with E-state index in [0.717, 1.165) is 24.5 Å². The second kappa shape index (κ2) is 3.34. The number of nitrogens with one attached hydrogen (secondary N) is 1. The third-order valence-electron chi connectivity index (χ3n) is 3.36. The number of rotatable bonds is 2. The van der Waals surface area contributed by atoms with E-state index < -0.39 is 0 Å². The molecule has 2 aliphatic rings. The molecule has 3 heterocycles. The van der Waals surface area contributed by atoms with Crippen molar-refractivity contribution in [3.8, 4) is 0 Å². The Morgan fingerprint density at radius 3 is 3.13 bits per heavy atom. The molecule has 15 heavy (non-hydrogen) atoms. The maximum Gasteiger partial charge on any atom is 0.194 e. The minimum atomic E-state index is 0.475. The average Bonchev–Trinajstić information content (AvgIpc) is 2.71. The number of oxazole rings is 1. The van der Waals surface area contributed by atoms with Crippen molar-refractivity contribution in [1.82, 2.24) is 10.3 Å². The Labute approximate surface area is 90.3 Å². The van der Waals surface area contributed by atoms with Crippen LogP contribution in [0.4, 0.5) is 0 Å². The highest BCUT2D eigenvalue weighted by atomic mass is 16.4. The Balaban J connectivity index is 1.89. The lowest BCUT2D eigenvalue weighted by molar-refractivity contribution is 0.395. The second-order valence-corrected chi connectivity index (χ2v) is 5.21. The summed E-state index contributed by atoms with van der Waals surface area (Å²) in [5, 5.41) is 3.59. The van der Waals surface area contributed by atoms with Gasteiger partial charge in [0.1, 0.15) is 5.76 Å². The summed E-state index contributed by atoms with van der Waals surface area (Å²) in [5.74, 6) is 2.71. The van der Waals surface area contributed by atoms with Crippen molar-refractivity contribution in [2.24, 2.45) is 5.92 Å². The van der Waals surface area contributed by atoms with Crippen molar-refractivity contribution >= 4 is 0 Å². The molecule has 3 rings (SSSR count). The van der Waals surface area contributed by atoms with Crippen LogP contribution in [0.15, 0.2) is 4.42 Å². The van der Waals surface area contributed by atoms with Crippen molar-refractivity contribution in [2.75, 3.05) is 0 Å². The Morgan fingerprint density at radius 1 is 1.47 bits per heavy atom. The SMILES string of the molecule is CC(C)Cc1nc2c(o1)CC1CCC2N1. The first kappa shape index (κ1) is 9.40. The van der Waals surface area contributed by atoms with E-state index in [1.165, 1.54) is 18.5 Å². The van der Waals surface area contributed by atoms with Gasteiger partial charge in [0.15, 0.2) is 5.89 Å². The monoisotopic (exact) mass is 206 g/mol. The zero-order chi connectivity index (χ0) is 10.4. The van der Waals surface area contributed by atoms with Gasteiger partial charge in [0.2, 0.25) is 0 Å². The lowest BCUT2D eigenvalue weighted by Gasteiger charge is -2.18. The molecule has 2 aliphatic heterocycles. The van der Waals surface area contributed by atoms with E-state index in [4.69, 9.17) is 4.42 Å². The molecule has 1 fully saturated rings. The number of aromatic nitrogens is 1. The van der Waals surface area contributed by atoms with Gasteiger partial charge in [-0.1, -0.05) is 13.8 Å². The van der Waals surface area contributed by atoms with E-state index in [1.54, 1.807) is 0 Å². The highest BCUT2D eigenvalue weighted by Crippen LogP contribution is 2.35. The van der Waals surface area contributed by atoms with E-state index in [9.17, 15) is 0 Å². The minimum Gasteiger partial charge on any atom is -0.445 e. The van der Waals surface area contributed by atoms with Crippen LogP contribution in [0.2, 0.25) is 0 Å². The molecular formula is C12H18N2O. The molecule has 1 aromatic rings. The van der Waals surface area contributed by atoms with Gasteiger partial charge in [0, 0.05) is 18.9 Å². The van der Waals surface area contributed by atoms with Crippen LogP contribution in [-0.4, -0.2) is 11.0 Å². The first-order chi connectivity index (χ1) is 7.22. The van der Waals surface area contributed by atoms with Gasteiger partial charge in [-0.05, 0) is 18.8 Å². The normalized spacial score (nSPS) is 28.5. The van der Waals surface area contributed by atoms with Crippen molar-refractivity contribution in [3.63, 3.8) is 0 Å². The van der Waals surface area contributed by atoms with E-state index in [0.29, 0.717) is 18.0 Å². The molecule has 0 amide bonds. The Hall–Kier alpha value is -0.830. The predicted molar refractivity (Wildman–Crippen MR) is 57.6 cm³/mol. The van der Waals surface area contributed by atoms with E-state index >= 15 is 0 Å². The first-order valence-corrected chi connectivity index (χ1v) is 5.97. The standard InChI is InChI=1S/C12H18N2O/c1-7(2)5-11-14-12-9-4-3-8(13-9)6-10(12)15-11/h7-9,13H,3-6H2,1-2H3. The third kappa shape index (κ3) is 1.59. The van der Waals surface area contributed by atoms with Gasteiger partial charge in [0.25, 0.3) is 0 Å². The van der Waals surface area contributed by atoms with Crippen LogP contribution in [0.5, 0.6) is 0 Å². The van der Waals surface area contributed by atoms with Crippen molar-refractivity contribution in [2.45, 2.75) is 51.6 Å². The summed E-state index contributed by atoms with van der Waals surface area (Å²) in [7, 11) is 0. The molecule has 0 saturated carbocycles. The summed E-state index contributed by atoms with van der Waals surface area (Å²) >= 11 is 0. The van der Waals surface area contributed by atoms with Crippen molar-refractivity contribution in [3.05, 3.63) is 17.3 Å². The Morgan fingerprint density at radius 2 is 2.33 bits per heavy atom. The van der Waals surface area contributed by atoms with Gasteiger partial charge in [-0.3, -0.25) is 0 Å². The summed E-state index contributed by atoms with van der Waals surface area (Å²) in [6.45, 7) is 4.40. The molecule has 0 spiro atoms. The Bertz CT molecular complexity index is 370. The third-order valence-corrected chi connectivity index (χ3v) is 3.36. The first-order valence-electron chi connectivity index (χ1n) is 5.97. The zero-order valence-electron chi connectivity index (χ0n) is 9.42. The molecule has 82 valence electrons. The van der Waals surface area contributed by atoms with Gasteiger partial charge in [-0.15, -0.1) is 0 Å². The van der Waals surface area contributed by atoms with E-state index in [-0.39, 0.29) is 0 Å². The molecule has 2 bridgehead atoms. The fourth-order valence-corrected chi connectivity index (χ4v) is 2.69. The number of hydrogen-bond acceptors (Lipinski definition) is 3. The highest BCUT2D eigenvalue weighted by molar-refractivity contribution is 5.22. The molecular weight excluding hydrogens is 188 g/mol. The topological polar surface area (TPSA) is 38.1 Å². The van der Waals surface area contributed by atoms with Crippen LogP contribution in [0.3, 0.4) is 0 Å². The molecule has 2 atom stereocenters. The smallest absolute Gasteiger partial charge is 0.194 e. The average molecular weight is 206 g/mol. The fourth-order valence-electron chi connectivity index (χ4n) is 2.69. The molecule has 0 aliphatic carbocycles.